The van der Waals surface area contributed by atoms with Gasteiger partial charge in [0.05, 0.1) is 0 Å². The van der Waals surface area contributed by atoms with E-state index >= 15 is 0 Å². The summed E-state index contributed by atoms with van der Waals surface area (Å²) in [5, 5.41) is 0. The summed E-state index contributed by atoms with van der Waals surface area (Å²) >= 11 is 1.48. The van der Waals surface area contributed by atoms with Gasteiger partial charge in [-0.1, -0.05) is 0 Å². The van der Waals surface area contributed by atoms with Gasteiger partial charge in [0.25, 0.3) is 0 Å². The molecule has 0 nitrogen and oxygen atoms in total. The molecule has 0 aromatic heterocycles. The van der Waals surface area contributed by atoms with E-state index in [9.17, 15) is 0 Å². The fourth-order valence-electron chi connectivity index (χ4n) is 0.990. The van der Waals surface area contributed by atoms with Crippen LogP contribution < -0.4 is 0 Å². The van der Waals surface area contributed by atoms with Crippen molar-refractivity contribution in [1.29, 1.82) is 0 Å². The maximum absolute atomic E-state index is 2.32. The molecule has 1 aromatic rings. The van der Waals surface area contributed by atoms with Crippen molar-refractivity contribution < 1.29 is 0 Å². The van der Waals surface area contributed by atoms with Gasteiger partial charge in [0.2, 0.25) is 0 Å². The Morgan fingerprint density at radius 3 is 2.50 bits per heavy atom. The topological polar surface area (TPSA) is 0 Å². The molecule has 0 heterocycles. The normalized spacial score (nSPS) is 11.7. The second-order valence-electron chi connectivity index (χ2n) is 2.44. The Hall–Kier alpha value is 0.129. The van der Waals surface area contributed by atoms with E-state index in [0.717, 1.165) is 29.5 Å². The van der Waals surface area contributed by atoms with Gasteiger partial charge in [0.1, 0.15) is 0 Å². The predicted molar refractivity (Wildman–Crippen MR) is 58.4 cm³/mol. The average molecular weight is 291 g/mol. The second kappa shape index (κ2) is 5.72. The maximum atomic E-state index is 2.32. The van der Waals surface area contributed by atoms with Crippen LogP contribution in [0.5, 0.6) is 0 Å². The molecule has 1 rings (SSSR count). The van der Waals surface area contributed by atoms with Crippen LogP contribution in [-0.2, 0) is 6.42 Å². The first-order valence-electron chi connectivity index (χ1n) is 3.84. The summed E-state index contributed by atoms with van der Waals surface area (Å²) in [4.78, 5) is 0. The molecule has 0 aliphatic carbocycles. The minimum atomic E-state index is 0.741. The molecule has 1 aromatic carbocycles. The Morgan fingerprint density at radius 2 is 2.00 bits per heavy atom. The van der Waals surface area contributed by atoms with E-state index in [1.165, 1.54) is 12.0 Å². The molecule has 0 N–H and O–H groups in total. The Labute approximate surface area is 86.6 Å². The fourth-order valence-corrected chi connectivity index (χ4v) is 4.46. The molecular weight excluding hydrogens is 278 g/mol. The van der Waals surface area contributed by atoms with Crippen molar-refractivity contribution >= 4 is 32.8 Å². The molecule has 0 bridgehead atoms. The zero-order chi connectivity index (χ0) is 8.81. The molecule has 0 fully saturated rings. The van der Waals surface area contributed by atoms with Crippen LogP contribution in [0.3, 0.4) is 0 Å². The Kier molecular flexibility index (Phi) is 4.87. The van der Waals surface area contributed by atoms with Crippen molar-refractivity contribution in [1.82, 2.24) is 0 Å². The third kappa shape index (κ3) is 3.24. The van der Waals surface area contributed by atoms with Crippen LogP contribution in [0, 0.1) is 0 Å². The van der Waals surface area contributed by atoms with Crippen LogP contribution in [-0.4, -0.2) is 32.8 Å². The third-order valence-corrected chi connectivity index (χ3v) is 7.80. The number of rotatable bonds is 3. The SMILES string of the molecule is C[Se]C(Cc1ccccc1)=[Se+]C. The predicted octanol–water partition coefficient (Wildman–Crippen LogP) is 1.86. The van der Waals surface area contributed by atoms with Gasteiger partial charge < -0.3 is 0 Å². The molecule has 0 amide bonds. The first-order valence-corrected chi connectivity index (χ1v) is 8.98. The summed E-state index contributed by atoms with van der Waals surface area (Å²) < 4.78 is 1.76. The first kappa shape index (κ1) is 10.2. The van der Waals surface area contributed by atoms with Crippen molar-refractivity contribution in [2.75, 3.05) is 0 Å². The van der Waals surface area contributed by atoms with Gasteiger partial charge in [0, 0.05) is 0 Å². The Morgan fingerprint density at radius 1 is 1.33 bits per heavy atom. The molecule has 0 saturated carbocycles. The molecule has 0 saturated heterocycles. The second-order valence-corrected chi connectivity index (χ2v) is 7.53. The van der Waals surface area contributed by atoms with Crippen LogP contribution in [0.25, 0.3) is 0 Å². The molecule has 64 valence electrons. The monoisotopic (exact) mass is 293 g/mol. The van der Waals surface area contributed by atoms with E-state index in [0.29, 0.717) is 0 Å². The summed E-state index contributed by atoms with van der Waals surface area (Å²) in [6, 6.07) is 10.8. The van der Waals surface area contributed by atoms with Gasteiger partial charge in [-0.05, 0) is 0 Å². The van der Waals surface area contributed by atoms with Gasteiger partial charge in [-0.15, -0.1) is 0 Å². The van der Waals surface area contributed by atoms with Gasteiger partial charge in [-0.3, -0.25) is 0 Å². The number of hydrogen-bond acceptors (Lipinski definition) is 0. The van der Waals surface area contributed by atoms with E-state index in [1.54, 1.807) is 3.32 Å². The van der Waals surface area contributed by atoms with Gasteiger partial charge >= 0.3 is 86.8 Å². The quantitative estimate of drug-likeness (QED) is 0.746. The van der Waals surface area contributed by atoms with E-state index in [2.05, 4.69) is 42.0 Å². The molecule has 0 radical (unpaired) electrons. The van der Waals surface area contributed by atoms with Crippen molar-refractivity contribution in [2.24, 2.45) is 0 Å². The van der Waals surface area contributed by atoms with Gasteiger partial charge in [-0.25, -0.2) is 0 Å². The zero-order valence-corrected chi connectivity index (χ0v) is 10.8. The van der Waals surface area contributed by atoms with E-state index in [1.807, 2.05) is 0 Å². The first-order chi connectivity index (χ1) is 5.86. The third-order valence-electron chi connectivity index (χ3n) is 1.65. The molecule has 12 heavy (non-hydrogen) atoms. The Bertz CT molecular complexity index is 252. The van der Waals surface area contributed by atoms with Crippen LogP contribution in [0.15, 0.2) is 30.3 Å². The van der Waals surface area contributed by atoms with Gasteiger partial charge in [-0.2, -0.15) is 0 Å². The summed E-state index contributed by atoms with van der Waals surface area (Å²) in [5.41, 5.74) is 1.47. The van der Waals surface area contributed by atoms with E-state index in [4.69, 9.17) is 0 Å². The fraction of sp³-hybridized carbons (Fsp3) is 0.300. The Balaban J connectivity index is 2.64. The van der Waals surface area contributed by atoms with Crippen molar-refractivity contribution in [3.8, 4) is 0 Å². The van der Waals surface area contributed by atoms with E-state index in [-0.39, 0.29) is 0 Å². The van der Waals surface area contributed by atoms with Crippen molar-refractivity contribution in [2.45, 2.75) is 18.1 Å². The van der Waals surface area contributed by atoms with E-state index < -0.39 is 0 Å². The minimum absolute atomic E-state index is 0.741. The summed E-state index contributed by atoms with van der Waals surface area (Å²) in [6.07, 6.45) is 1.22. The molecule has 0 spiro atoms. The molecular formula is C10H13Se2+. The average Bonchev–Trinajstić information content (AvgIpc) is 2.16. The van der Waals surface area contributed by atoms with Crippen LogP contribution >= 0.6 is 0 Å². The summed E-state index contributed by atoms with van der Waals surface area (Å²) in [7, 11) is 0. The van der Waals surface area contributed by atoms with Crippen LogP contribution in [0.1, 0.15) is 5.56 Å². The number of hydrogen-bond donors (Lipinski definition) is 0. The van der Waals surface area contributed by atoms with Crippen LogP contribution in [0.4, 0.5) is 0 Å². The molecule has 0 atom stereocenters. The standard InChI is InChI=1S/C10H13Se2/c1-11-10(12-2)8-9-6-4-3-5-7-9/h3-7H,8H2,1-2H3/q+1. The van der Waals surface area contributed by atoms with Gasteiger partial charge in [0.15, 0.2) is 0 Å². The van der Waals surface area contributed by atoms with Crippen LogP contribution in [0.2, 0.25) is 11.6 Å². The molecule has 0 aliphatic rings. The van der Waals surface area contributed by atoms with Crippen molar-refractivity contribution in [3.63, 3.8) is 0 Å². The molecule has 0 unspecified atom stereocenters. The molecule has 0 aliphatic heterocycles. The zero-order valence-electron chi connectivity index (χ0n) is 7.41. The molecule has 2 heteroatoms. The summed E-state index contributed by atoms with van der Waals surface area (Å²) in [5.74, 6) is 4.63. The summed E-state index contributed by atoms with van der Waals surface area (Å²) in [6.45, 7) is 0. The van der Waals surface area contributed by atoms with Crippen molar-refractivity contribution in [3.05, 3.63) is 35.9 Å². The number of benzene rings is 1.